The molecule has 0 saturated heterocycles. The maximum absolute atomic E-state index is 11.9. The predicted molar refractivity (Wildman–Crippen MR) is 49.4 cm³/mol. The highest BCUT2D eigenvalue weighted by Crippen LogP contribution is 2.21. The van der Waals surface area contributed by atoms with Crippen LogP contribution in [0.15, 0.2) is 0 Å². The molecule has 0 bridgehead atoms. The van der Waals surface area contributed by atoms with Crippen LogP contribution in [0.5, 0.6) is 0 Å². The van der Waals surface area contributed by atoms with Gasteiger partial charge in [-0.25, -0.2) is 4.79 Å². The van der Waals surface area contributed by atoms with Gasteiger partial charge in [0.15, 0.2) is 0 Å². The van der Waals surface area contributed by atoms with E-state index < -0.39 is 24.7 Å². The van der Waals surface area contributed by atoms with E-state index >= 15 is 0 Å². The minimum atomic E-state index is -4.23. The molecule has 0 aliphatic heterocycles. The summed E-state index contributed by atoms with van der Waals surface area (Å²) in [4.78, 5) is 11.2. The molecule has 1 rings (SSSR count). The van der Waals surface area contributed by atoms with Crippen molar-refractivity contribution >= 4 is 6.03 Å². The third kappa shape index (κ3) is 4.90. The van der Waals surface area contributed by atoms with Crippen molar-refractivity contribution in [3.8, 4) is 0 Å². The van der Waals surface area contributed by atoms with Crippen LogP contribution >= 0.6 is 0 Å². The maximum atomic E-state index is 11.9. The van der Waals surface area contributed by atoms with Gasteiger partial charge in [0, 0.05) is 12.1 Å². The van der Waals surface area contributed by atoms with Gasteiger partial charge in [0.1, 0.15) is 0 Å². The number of carbonyl (C=O) groups excluding carboxylic acids is 1. The van der Waals surface area contributed by atoms with E-state index in [1.807, 2.05) is 0 Å². The molecule has 1 fully saturated rings. The molecule has 2 amide bonds. The van der Waals surface area contributed by atoms with Gasteiger partial charge in [0.25, 0.3) is 0 Å². The monoisotopic (exact) mass is 224 g/mol. The van der Waals surface area contributed by atoms with Crippen LogP contribution in [0.3, 0.4) is 0 Å². The Morgan fingerprint density at radius 3 is 2.47 bits per heavy atom. The Balaban J connectivity index is 2.18. The number of rotatable bonds is 3. The number of alkyl halides is 3. The summed E-state index contributed by atoms with van der Waals surface area (Å²) in [6, 6.07) is -1.25. The molecule has 1 unspecified atom stereocenters. The number of carbonyl (C=O) groups is 1. The normalized spacial score (nSPS) is 19.2. The molecule has 2 N–H and O–H groups in total. The molecule has 15 heavy (non-hydrogen) atoms. The summed E-state index contributed by atoms with van der Waals surface area (Å²) in [5.41, 5.74) is 0. The van der Waals surface area contributed by atoms with E-state index in [0.29, 0.717) is 0 Å². The molecule has 88 valence electrons. The molecule has 1 aliphatic carbocycles. The molecule has 3 nitrogen and oxygen atoms in total. The van der Waals surface area contributed by atoms with Gasteiger partial charge in [-0.1, -0.05) is 0 Å². The first kappa shape index (κ1) is 12.1. The molecule has 1 atom stereocenters. The first-order chi connectivity index (χ1) is 6.87. The van der Waals surface area contributed by atoms with Crippen molar-refractivity contribution in [3.63, 3.8) is 0 Å². The predicted octanol–water partition coefficient (Wildman–Crippen LogP) is 2.18. The lowest BCUT2D eigenvalue weighted by Gasteiger charge is -2.27. The van der Waals surface area contributed by atoms with Crippen LogP contribution < -0.4 is 10.6 Å². The summed E-state index contributed by atoms with van der Waals surface area (Å²) >= 11 is 0. The van der Waals surface area contributed by atoms with Crippen LogP contribution in [-0.4, -0.2) is 24.3 Å². The Morgan fingerprint density at radius 1 is 1.47 bits per heavy atom. The van der Waals surface area contributed by atoms with E-state index in [0.717, 1.165) is 19.3 Å². The smallest absolute Gasteiger partial charge is 0.335 e. The fourth-order valence-corrected chi connectivity index (χ4v) is 1.40. The second kappa shape index (κ2) is 4.72. The number of hydrogen-bond donors (Lipinski definition) is 2. The van der Waals surface area contributed by atoms with Gasteiger partial charge < -0.3 is 10.6 Å². The zero-order valence-electron chi connectivity index (χ0n) is 8.53. The van der Waals surface area contributed by atoms with Crippen molar-refractivity contribution in [3.05, 3.63) is 0 Å². The Hall–Kier alpha value is -0.940. The van der Waals surface area contributed by atoms with Crippen molar-refractivity contribution in [2.24, 2.45) is 0 Å². The molecule has 6 heteroatoms. The molecule has 0 aromatic rings. The molecule has 0 heterocycles. The Bertz CT molecular complexity index is 226. The fraction of sp³-hybridized carbons (Fsp3) is 0.889. The molecular formula is C9H15F3N2O. The molecule has 0 spiro atoms. The standard InChI is InChI=1S/C9H15F3N2O/c1-6(5-9(10,11)12)13-8(15)14-7-3-2-4-7/h6-7H,2-5H2,1H3,(H2,13,14,15). The summed E-state index contributed by atoms with van der Waals surface area (Å²) in [7, 11) is 0. The van der Waals surface area contributed by atoms with Crippen LogP contribution in [0.1, 0.15) is 32.6 Å². The maximum Gasteiger partial charge on any atom is 0.391 e. The lowest BCUT2D eigenvalue weighted by atomic mass is 9.93. The van der Waals surface area contributed by atoms with E-state index in [4.69, 9.17) is 0 Å². The quantitative estimate of drug-likeness (QED) is 0.758. The minimum Gasteiger partial charge on any atom is -0.335 e. The molecule has 1 aliphatic rings. The van der Waals surface area contributed by atoms with E-state index in [1.165, 1.54) is 6.92 Å². The number of urea groups is 1. The Morgan fingerprint density at radius 2 is 2.07 bits per heavy atom. The van der Waals surface area contributed by atoms with Crippen molar-refractivity contribution < 1.29 is 18.0 Å². The molecule has 1 saturated carbocycles. The van der Waals surface area contributed by atoms with Crippen molar-refractivity contribution in [1.82, 2.24) is 10.6 Å². The Labute approximate surface area is 86.4 Å². The number of halogens is 3. The second-order valence-electron chi connectivity index (χ2n) is 3.97. The zero-order valence-corrected chi connectivity index (χ0v) is 8.53. The van der Waals surface area contributed by atoms with E-state index in [-0.39, 0.29) is 6.04 Å². The van der Waals surface area contributed by atoms with Gasteiger partial charge in [-0.3, -0.25) is 0 Å². The lowest BCUT2D eigenvalue weighted by Crippen LogP contribution is -2.48. The first-order valence-corrected chi connectivity index (χ1v) is 5.00. The highest BCUT2D eigenvalue weighted by atomic mass is 19.4. The molecular weight excluding hydrogens is 209 g/mol. The number of hydrogen-bond acceptors (Lipinski definition) is 1. The van der Waals surface area contributed by atoms with Crippen LogP contribution in [0.25, 0.3) is 0 Å². The zero-order chi connectivity index (χ0) is 11.5. The van der Waals surface area contributed by atoms with E-state index in [9.17, 15) is 18.0 Å². The molecule has 0 radical (unpaired) electrons. The lowest BCUT2D eigenvalue weighted by molar-refractivity contribution is -0.138. The van der Waals surface area contributed by atoms with Gasteiger partial charge in [-0.2, -0.15) is 13.2 Å². The third-order valence-electron chi connectivity index (χ3n) is 2.36. The third-order valence-corrected chi connectivity index (χ3v) is 2.36. The topological polar surface area (TPSA) is 41.1 Å². The average molecular weight is 224 g/mol. The highest BCUT2D eigenvalue weighted by Gasteiger charge is 2.31. The summed E-state index contributed by atoms with van der Waals surface area (Å²) in [6.07, 6.45) is -2.32. The van der Waals surface area contributed by atoms with Crippen molar-refractivity contribution in [1.29, 1.82) is 0 Å². The summed E-state index contributed by atoms with van der Waals surface area (Å²) in [5.74, 6) is 0. The van der Waals surface area contributed by atoms with Gasteiger partial charge >= 0.3 is 12.2 Å². The summed E-state index contributed by atoms with van der Waals surface area (Å²) in [5, 5.41) is 4.88. The fourth-order valence-electron chi connectivity index (χ4n) is 1.40. The average Bonchev–Trinajstić information content (AvgIpc) is 1.92. The minimum absolute atomic E-state index is 0.142. The Kier molecular flexibility index (Phi) is 3.82. The second-order valence-corrected chi connectivity index (χ2v) is 3.97. The van der Waals surface area contributed by atoms with Gasteiger partial charge in [0.2, 0.25) is 0 Å². The SMILES string of the molecule is CC(CC(F)(F)F)NC(=O)NC1CCC1. The largest absolute Gasteiger partial charge is 0.391 e. The van der Waals surface area contributed by atoms with Crippen LogP contribution in [0.4, 0.5) is 18.0 Å². The van der Waals surface area contributed by atoms with E-state index in [1.54, 1.807) is 0 Å². The van der Waals surface area contributed by atoms with Crippen LogP contribution in [0.2, 0.25) is 0 Å². The van der Waals surface area contributed by atoms with Crippen molar-refractivity contribution in [2.45, 2.75) is 50.9 Å². The van der Waals surface area contributed by atoms with Gasteiger partial charge in [-0.05, 0) is 26.2 Å². The summed E-state index contributed by atoms with van der Waals surface area (Å²) < 4.78 is 35.8. The van der Waals surface area contributed by atoms with Crippen LogP contribution in [0, 0.1) is 0 Å². The first-order valence-electron chi connectivity index (χ1n) is 5.00. The number of amides is 2. The van der Waals surface area contributed by atoms with Gasteiger partial charge in [-0.15, -0.1) is 0 Å². The van der Waals surface area contributed by atoms with Crippen molar-refractivity contribution in [2.75, 3.05) is 0 Å². The molecule has 0 aromatic heterocycles. The summed E-state index contributed by atoms with van der Waals surface area (Å²) in [6.45, 7) is 1.34. The van der Waals surface area contributed by atoms with Crippen LogP contribution in [-0.2, 0) is 0 Å². The molecule has 0 aromatic carbocycles. The van der Waals surface area contributed by atoms with Gasteiger partial charge in [0.05, 0.1) is 6.42 Å². The number of nitrogens with one attached hydrogen (secondary N) is 2. The van der Waals surface area contributed by atoms with E-state index in [2.05, 4.69) is 10.6 Å². The highest BCUT2D eigenvalue weighted by molar-refractivity contribution is 5.74.